The van der Waals surface area contributed by atoms with E-state index in [-0.39, 0.29) is 11.1 Å². The number of rotatable bonds is 9. The summed E-state index contributed by atoms with van der Waals surface area (Å²) in [6.45, 7) is 3.63. The molecule has 0 saturated carbocycles. The molecule has 0 saturated heterocycles. The fourth-order valence-corrected chi connectivity index (χ4v) is 6.83. The van der Waals surface area contributed by atoms with E-state index >= 15 is 0 Å². The molecule has 0 fully saturated rings. The lowest BCUT2D eigenvalue weighted by Crippen LogP contribution is -2.28. The Balaban J connectivity index is 1.34. The highest BCUT2D eigenvalue weighted by Crippen LogP contribution is 2.41. The predicted octanol–water partition coefficient (Wildman–Crippen LogP) is 7.69. The number of anilines is 4. The summed E-state index contributed by atoms with van der Waals surface area (Å²) in [5.41, 5.74) is 23.9. The Hall–Kier alpha value is -6.60. The van der Waals surface area contributed by atoms with Crippen LogP contribution in [0.3, 0.4) is 0 Å². The molecule has 0 radical (unpaired) electrons. The largest absolute Gasteiger partial charge is 0.399 e. The molecule has 9 N–H and O–H groups in total. The third-order valence-electron chi connectivity index (χ3n) is 8.22. The molecule has 0 aliphatic heterocycles. The molecule has 18 heteroatoms. The van der Waals surface area contributed by atoms with E-state index in [0.29, 0.717) is 39.7 Å². The SMILES string of the molecule is Cc1cc(-c2ccc(N=Nc3c(S(=O)(=O)O)cc4c(c3N)C(=O)/C(=N\Nc3ccccc3)C(S(=O)(=O)O)=C4)c(C)c2)ccc1N=Nc1ccc(N)cc1N. The van der Waals surface area contributed by atoms with Crippen LogP contribution in [0.5, 0.6) is 0 Å². The van der Waals surface area contributed by atoms with E-state index in [1.54, 1.807) is 67.6 Å². The van der Waals surface area contributed by atoms with Crippen molar-refractivity contribution in [1.82, 2.24) is 0 Å². The van der Waals surface area contributed by atoms with Crippen molar-refractivity contribution in [2.75, 3.05) is 22.6 Å². The number of nitrogen functional groups attached to an aromatic ring is 3. The summed E-state index contributed by atoms with van der Waals surface area (Å²) < 4.78 is 69.7. The lowest BCUT2D eigenvalue weighted by molar-refractivity contribution is 0.106. The van der Waals surface area contributed by atoms with Crippen molar-refractivity contribution in [2.45, 2.75) is 18.7 Å². The molecule has 0 heterocycles. The number of azo groups is 2. The first-order chi connectivity index (χ1) is 25.5. The summed E-state index contributed by atoms with van der Waals surface area (Å²) in [7, 11) is -10.1. The van der Waals surface area contributed by atoms with Crippen molar-refractivity contribution in [3.8, 4) is 11.1 Å². The van der Waals surface area contributed by atoms with E-state index in [0.717, 1.165) is 28.8 Å². The van der Waals surface area contributed by atoms with Crippen molar-refractivity contribution in [1.29, 1.82) is 0 Å². The van der Waals surface area contributed by atoms with E-state index in [1.165, 1.54) is 0 Å². The van der Waals surface area contributed by atoms with Crippen molar-refractivity contribution >= 4 is 83.3 Å². The number of carbonyl (C=O) groups is 1. The number of Topliss-reactive ketones (excluding diaryl/α,β-unsaturated/α-hetero) is 1. The van der Waals surface area contributed by atoms with Crippen LogP contribution in [0.25, 0.3) is 17.2 Å². The second-order valence-electron chi connectivity index (χ2n) is 12.0. The molecule has 0 bridgehead atoms. The number of nitrogens with two attached hydrogens (primary N) is 3. The molecule has 1 aliphatic carbocycles. The summed E-state index contributed by atoms with van der Waals surface area (Å²) in [5, 5.41) is 20.7. The highest BCUT2D eigenvalue weighted by atomic mass is 32.2. The molecule has 0 atom stereocenters. The molecule has 0 amide bonds. The number of allylic oxidation sites excluding steroid dienone is 1. The van der Waals surface area contributed by atoms with Crippen LogP contribution in [0, 0.1) is 13.8 Å². The van der Waals surface area contributed by atoms with Gasteiger partial charge in [-0.3, -0.25) is 19.3 Å². The third-order valence-corrected chi connectivity index (χ3v) is 9.96. The predicted molar refractivity (Wildman–Crippen MR) is 207 cm³/mol. The van der Waals surface area contributed by atoms with Crippen LogP contribution in [0.15, 0.2) is 126 Å². The average Bonchev–Trinajstić information content (AvgIpc) is 3.10. The third kappa shape index (κ3) is 7.76. The van der Waals surface area contributed by atoms with Gasteiger partial charge in [-0.25, -0.2) is 0 Å². The van der Waals surface area contributed by atoms with Crippen LogP contribution in [-0.2, 0) is 20.2 Å². The molecule has 5 aromatic rings. The van der Waals surface area contributed by atoms with Gasteiger partial charge in [-0.2, -0.15) is 32.2 Å². The van der Waals surface area contributed by atoms with E-state index in [4.69, 9.17) is 17.2 Å². The topological polar surface area (TPSA) is 278 Å². The number of carbonyl (C=O) groups excluding carboxylic acids is 1. The van der Waals surface area contributed by atoms with Gasteiger partial charge >= 0.3 is 0 Å². The van der Waals surface area contributed by atoms with Crippen LogP contribution >= 0.6 is 0 Å². The number of fused-ring (bicyclic) bond motifs is 1. The lowest BCUT2D eigenvalue weighted by Gasteiger charge is -2.20. The summed E-state index contributed by atoms with van der Waals surface area (Å²) in [6.07, 6.45) is 0.819. The lowest BCUT2D eigenvalue weighted by atomic mass is 9.92. The van der Waals surface area contributed by atoms with Crippen molar-refractivity contribution in [3.05, 3.63) is 118 Å². The number of benzene rings is 5. The van der Waals surface area contributed by atoms with E-state index in [1.807, 2.05) is 31.2 Å². The number of para-hydroxylation sites is 1. The molecule has 0 unspecified atom stereocenters. The quantitative estimate of drug-likeness (QED) is 0.0366. The van der Waals surface area contributed by atoms with Gasteiger partial charge in [0.15, 0.2) is 5.71 Å². The highest BCUT2D eigenvalue weighted by Gasteiger charge is 2.37. The second-order valence-corrected chi connectivity index (χ2v) is 14.8. The summed E-state index contributed by atoms with van der Waals surface area (Å²) in [5.74, 6) is -1.07. The minimum atomic E-state index is -5.06. The zero-order chi connectivity index (χ0) is 38.9. The van der Waals surface area contributed by atoms with Crippen molar-refractivity contribution < 1.29 is 30.7 Å². The van der Waals surface area contributed by atoms with Crippen LogP contribution in [0.2, 0.25) is 0 Å². The van der Waals surface area contributed by atoms with Crippen LogP contribution < -0.4 is 22.6 Å². The minimum absolute atomic E-state index is 0.301. The number of nitrogens with zero attached hydrogens (tertiary/aromatic N) is 5. The number of ketones is 1. The van der Waals surface area contributed by atoms with Gasteiger partial charge in [-0.1, -0.05) is 30.3 Å². The Morgan fingerprint density at radius 3 is 1.80 bits per heavy atom. The van der Waals surface area contributed by atoms with Crippen molar-refractivity contribution in [3.63, 3.8) is 0 Å². The van der Waals surface area contributed by atoms with Gasteiger partial charge in [0, 0.05) is 5.69 Å². The van der Waals surface area contributed by atoms with Gasteiger partial charge in [0.25, 0.3) is 20.2 Å². The fraction of sp³-hybridized carbons (Fsp3) is 0.0556. The van der Waals surface area contributed by atoms with E-state index < -0.39 is 52.9 Å². The Bertz CT molecular complexity index is 2710. The first kappa shape index (κ1) is 37.2. The van der Waals surface area contributed by atoms with Gasteiger partial charge in [0.05, 0.1) is 34.0 Å². The zero-order valence-corrected chi connectivity index (χ0v) is 30.1. The van der Waals surface area contributed by atoms with Gasteiger partial charge in [-0.05, 0) is 108 Å². The Labute approximate surface area is 309 Å². The smallest absolute Gasteiger partial charge is 0.296 e. The van der Waals surface area contributed by atoms with Crippen LogP contribution in [0.1, 0.15) is 27.0 Å². The van der Waals surface area contributed by atoms with Gasteiger partial charge in [-0.15, -0.1) is 10.2 Å². The average molecular weight is 766 g/mol. The molecular formula is C36H31N9O7S2. The molecular weight excluding hydrogens is 735 g/mol. The molecule has 1 aliphatic rings. The number of nitrogens with one attached hydrogen (secondary N) is 1. The number of hydrogen-bond acceptors (Lipinski definition) is 14. The van der Waals surface area contributed by atoms with Crippen LogP contribution in [-0.4, -0.2) is 37.4 Å². The zero-order valence-electron chi connectivity index (χ0n) is 28.5. The molecule has 6 rings (SSSR count). The molecule has 5 aromatic carbocycles. The van der Waals surface area contributed by atoms with Gasteiger partial charge in [0.2, 0.25) is 5.78 Å². The Morgan fingerprint density at radius 1 is 0.667 bits per heavy atom. The highest BCUT2D eigenvalue weighted by molar-refractivity contribution is 7.91. The number of hydrogen-bond donors (Lipinski definition) is 6. The molecule has 0 aromatic heterocycles. The van der Waals surface area contributed by atoms with E-state index in [9.17, 15) is 30.7 Å². The normalized spacial score (nSPS) is 14.1. The molecule has 274 valence electrons. The second kappa shape index (κ2) is 14.4. The van der Waals surface area contributed by atoms with Gasteiger partial charge < -0.3 is 17.2 Å². The van der Waals surface area contributed by atoms with Crippen molar-refractivity contribution in [2.24, 2.45) is 25.6 Å². The molecule has 16 nitrogen and oxygen atoms in total. The van der Waals surface area contributed by atoms with Crippen LogP contribution in [0.4, 0.5) is 45.5 Å². The minimum Gasteiger partial charge on any atom is -0.399 e. The maximum absolute atomic E-state index is 13.7. The summed E-state index contributed by atoms with van der Waals surface area (Å²) in [4.78, 5) is 11.9. The number of hydrazone groups is 1. The molecule has 54 heavy (non-hydrogen) atoms. The maximum Gasteiger partial charge on any atom is 0.296 e. The summed E-state index contributed by atoms with van der Waals surface area (Å²) >= 11 is 0. The Kier molecular flexibility index (Phi) is 9.93. The summed E-state index contributed by atoms with van der Waals surface area (Å²) in [6, 6.07) is 24.8. The Morgan fingerprint density at radius 2 is 1.24 bits per heavy atom. The van der Waals surface area contributed by atoms with E-state index in [2.05, 4.69) is 31.0 Å². The number of aryl methyl sites for hydroxylation is 2. The first-order valence-electron chi connectivity index (χ1n) is 15.8. The first-order valence-corrected chi connectivity index (χ1v) is 18.7. The standard InChI is InChI=1S/C36H31N9O7S2/c1-19-14-21(8-11-27(19)41-43-29-13-10-24(37)18-26(29)38)22-9-12-28(20(2)15-22)42-44-34-30(53(47,48)49)16-23-17-31(54(50,51)52)35(36(46)32(23)33(34)39)45-40-25-6-4-3-5-7-25/h3-18,40H,37-39H2,1-2H3,(H,47,48,49)(H,50,51,52)/b43-41?,44-42?,45-35-. The fourth-order valence-electron chi connectivity index (χ4n) is 5.50. The van der Waals surface area contributed by atoms with Gasteiger partial charge in [0.1, 0.15) is 21.2 Å². The monoisotopic (exact) mass is 765 g/mol. The molecule has 0 spiro atoms. The maximum atomic E-state index is 13.7.